The van der Waals surface area contributed by atoms with E-state index in [9.17, 15) is 0 Å². The lowest BCUT2D eigenvalue weighted by atomic mass is 9.84. The number of hydrogen-bond donors (Lipinski definition) is 1. The average Bonchev–Trinajstić information content (AvgIpc) is 2.34. The van der Waals surface area contributed by atoms with Crippen molar-refractivity contribution in [2.45, 2.75) is 19.3 Å². The fraction of sp³-hybridized carbons (Fsp3) is 0.571. The summed E-state index contributed by atoms with van der Waals surface area (Å²) in [6, 6.07) is 8.84. The number of fused-ring (bicyclic) bond motifs is 1. The molecule has 1 aliphatic carbocycles. The molecule has 1 aliphatic rings. The Morgan fingerprint density at radius 3 is 2.94 bits per heavy atom. The first-order chi connectivity index (χ1) is 7.90. The third kappa shape index (κ3) is 3.06. The van der Waals surface area contributed by atoms with Crippen molar-refractivity contribution >= 4 is 0 Å². The second-order valence-electron chi connectivity index (χ2n) is 4.57. The van der Waals surface area contributed by atoms with Gasteiger partial charge in [0, 0.05) is 13.7 Å². The third-order valence-electron chi connectivity index (χ3n) is 3.36. The molecule has 88 valence electrons. The van der Waals surface area contributed by atoms with Crippen LogP contribution in [0.5, 0.6) is 0 Å². The van der Waals surface area contributed by atoms with Crippen molar-refractivity contribution < 1.29 is 4.74 Å². The minimum absolute atomic E-state index is 0.798. The van der Waals surface area contributed by atoms with Crippen molar-refractivity contribution in [3.8, 4) is 0 Å². The SMILES string of the molecule is COCCNCC1CCc2ccccc2C1. The van der Waals surface area contributed by atoms with Gasteiger partial charge in [-0.15, -0.1) is 0 Å². The summed E-state index contributed by atoms with van der Waals surface area (Å²) < 4.78 is 5.02. The Hall–Kier alpha value is -0.860. The fourth-order valence-electron chi connectivity index (χ4n) is 2.43. The van der Waals surface area contributed by atoms with E-state index in [1.807, 2.05) is 0 Å². The van der Waals surface area contributed by atoms with E-state index in [0.29, 0.717) is 0 Å². The van der Waals surface area contributed by atoms with Gasteiger partial charge in [-0.1, -0.05) is 24.3 Å². The van der Waals surface area contributed by atoms with Gasteiger partial charge >= 0.3 is 0 Å². The lowest BCUT2D eigenvalue weighted by Crippen LogP contribution is -2.29. The van der Waals surface area contributed by atoms with Crippen LogP contribution in [0, 0.1) is 5.92 Å². The minimum Gasteiger partial charge on any atom is -0.383 e. The number of methoxy groups -OCH3 is 1. The molecule has 0 aliphatic heterocycles. The van der Waals surface area contributed by atoms with Crippen LogP contribution in [0.4, 0.5) is 0 Å². The van der Waals surface area contributed by atoms with Gasteiger partial charge in [0.1, 0.15) is 0 Å². The maximum Gasteiger partial charge on any atom is 0.0587 e. The third-order valence-corrected chi connectivity index (χ3v) is 3.36. The summed E-state index contributed by atoms with van der Waals surface area (Å²) in [6.45, 7) is 2.90. The average molecular weight is 219 g/mol. The molecule has 1 unspecified atom stereocenters. The predicted molar refractivity (Wildman–Crippen MR) is 66.7 cm³/mol. The summed E-state index contributed by atoms with van der Waals surface area (Å²) in [5, 5.41) is 3.46. The first kappa shape index (κ1) is 11.6. The summed E-state index contributed by atoms with van der Waals surface area (Å²) in [6.07, 6.45) is 3.79. The number of rotatable bonds is 5. The standard InChI is InChI=1S/C14H21NO/c1-16-9-8-15-11-12-6-7-13-4-2-3-5-14(13)10-12/h2-5,12,15H,6-11H2,1H3. The molecule has 1 aromatic carbocycles. The molecule has 0 bridgehead atoms. The van der Waals surface area contributed by atoms with Gasteiger partial charge in [-0.05, 0) is 42.9 Å². The summed E-state index contributed by atoms with van der Waals surface area (Å²) >= 11 is 0. The summed E-state index contributed by atoms with van der Waals surface area (Å²) in [5.41, 5.74) is 3.10. The molecule has 0 heterocycles. The van der Waals surface area contributed by atoms with Gasteiger partial charge in [0.25, 0.3) is 0 Å². The van der Waals surface area contributed by atoms with E-state index in [1.54, 1.807) is 18.2 Å². The highest BCUT2D eigenvalue weighted by Gasteiger charge is 2.17. The summed E-state index contributed by atoms with van der Waals surface area (Å²) in [7, 11) is 1.75. The van der Waals surface area contributed by atoms with Crippen molar-refractivity contribution in [2.24, 2.45) is 5.92 Å². The van der Waals surface area contributed by atoms with Gasteiger partial charge in [-0.3, -0.25) is 0 Å². The number of nitrogens with one attached hydrogen (secondary N) is 1. The molecule has 0 spiro atoms. The van der Waals surface area contributed by atoms with Crippen LogP contribution in [0.3, 0.4) is 0 Å². The highest BCUT2D eigenvalue weighted by atomic mass is 16.5. The van der Waals surface area contributed by atoms with Gasteiger partial charge in [-0.2, -0.15) is 0 Å². The zero-order valence-corrected chi connectivity index (χ0v) is 10.0. The topological polar surface area (TPSA) is 21.3 Å². The van der Waals surface area contributed by atoms with Crippen LogP contribution in [0.15, 0.2) is 24.3 Å². The molecular weight excluding hydrogens is 198 g/mol. The molecule has 1 N–H and O–H groups in total. The van der Waals surface area contributed by atoms with Gasteiger partial charge in [0.15, 0.2) is 0 Å². The molecule has 16 heavy (non-hydrogen) atoms. The fourth-order valence-corrected chi connectivity index (χ4v) is 2.43. The van der Waals surface area contributed by atoms with E-state index in [4.69, 9.17) is 4.74 Å². The Kier molecular flexibility index (Phi) is 4.37. The minimum atomic E-state index is 0.798. The summed E-state index contributed by atoms with van der Waals surface area (Å²) in [5.74, 6) is 0.798. The first-order valence-electron chi connectivity index (χ1n) is 6.16. The van der Waals surface area contributed by atoms with Crippen molar-refractivity contribution in [3.63, 3.8) is 0 Å². The quantitative estimate of drug-likeness (QED) is 0.765. The zero-order chi connectivity index (χ0) is 11.2. The van der Waals surface area contributed by atoms with Gasteiger partial charge in [0.05, 0.1) is 6.61 Å². The van der Waals surface area contributed by atoms with Gasteiger partial charge < -0.3 is 10.1 Å². The molecule has 2 nitrogen and oxygen atoms in total. The van der Waals surface area contributed by atoms with Crippen molar-refractivity contribution in [3.05, 3.63) is 35.4 Å². The van der Waals surface area contributed by atoms with E-state index in [-0.39, 0.29) is 0 Å². The molecule has 1 atom stereocenters. The van der Waals surface area contributed by atoms with Crippen molar-refractivity contribution in [2.75, 3.05) is 26.8 Å². The number of benzene rings is 1. The zero-order valence-electron chi connectivity index (χ0n) is 10.0. The van der Waals surface area contributed by atoms with Crippen LogP contribution in [-0.4, -0.2) is 26.8 Å². The van der Waals surface area contributed by atoms with E-state index >= 15 is 0 Å². The Balaban J connectivity index is 1.79. The number of aryl methyl sites for hydroxylation is 1. The Morgan fingerprint density at radius 2 is 2.12 bits per heavy atom. The van der Waals surface area contributed by atoms with E-state index in [0.717, 1.165) is 25.6 Å². The van der Waals surface area contributed by atoms with Gasteiger partial charge in [-0.25, -0.2) is 0 Å². The van der Waals surface area contributed by atoms with Crippen LogP contribution in [0.1, 0.15) is 17.5 Å². The smallest absolute Gasteiger partial charge is 0.0587 e. The van der Waals surface area contributed by atoms with E-state index < -0.39 is 0 Å². The predicted octanol–water partition coefficient (Wildman–Crippen LogP) is 2.03. The summed E-state index contributed by atoms with van der Waals surface area (Å²) in [4.78, 5) is 0. The molecule has 0 fully saturated rings. The molecule has 1 aromatic rings. The Morgan fingerprint density at radius 1 is 1.31 bits per heavy atom. The van der Waals surface area contributed by atoms with Crippen LogP contribution < -0.4 is 5.32 Å². The largest absolute Gasteiger partial charge is 0.383 e. The van der Waals surface area contributed by atoms with Crippen LogP contribution >= 0.6 is 0 Å². The van der Waals surface area contributed by atoms with Crippen molar-refractivity contribution in [1.82, 2.24) is 5.32 Å². The second-order valence-corrected chi connectivity index (χ2v) is 4.57. The molecule has 2 heteroatoms. The number of hydrogen-bond acceptors (Lipinski definition) is 2. The molecule has 0 amide bonds. The monoisotopic (exact) mass is 219 g/mol. The molecule has 0 radical (unpaired) electrons. The molecule has 0 saturated carbocycles. The normalized spacial score (nSPS) is 19.4. The first-order valence-corrected chi connectivity index (χ1v) is 6.16. The van der Waals surface area contributed by atoms with Crippen LogP contribution in [0.25, 0.3) is 0 Å². The molecule has 0 saturated heterocycles. The highest BCUT2D eigenvalue weighted by molar-refractivity contribution is 5.29. The Bertz CT molecular complexity index is 324. The van der Waals surface area contributed by atoms with E-state index in [1.165, 1.54) is 19.3 Å². The molecular formula is C14H21NO. The lowest BCUT2D eigenvalue weighted by Gasteiger charge is -2.24. The van der Waals surface area contributed by atoms with Gasteiger partial charge in [0.2, 0.25) is 0 Å². The molecule has 0 aromatic heterocycles. The van der Waals surface area contributed by atoms with Crippen LogP contribution in [0.2, 0.25) is 0 Å². The maximum atomic E-state index is 5.02. The lowest BCUT2D eigenvalue weighted by molar-refractivity contribution is 0.197. The number of ether oxygens (including phenoxy) is 1. The molecule has 2 rings (SSSR count). The Labute approximate surface area is 98.0 Å². The second kappa shape index (κ2) is 6.02. The van der Waals surface area contributed by atoms with E-state index in [2.05, 4.69) is 29.6 Å². The van der Waals surface area contributed by atoms with Crippen molar-refractivity contribution in [1.29, 1.82) is 0 Å². The highest BCUT2D eigenvalue weighted by Crippen LogP contribution is 2.24. The van der Waals surface area contributed by atoms with Crippen LogP contribution in [-0.2, 0) is 17.6 Å². The maximum absolute atomic E-state index is 5.02.